The first-order valence-corrected chi connectivity index (χ1v) is 8.52. The molecule has 2 unspecified atom stereocenters. The van der Waals surface area contributed by atoms with Gasteiger partial charge in [-0.2, -0.15) is 0 Å². The van der Waals surface area contributed by atoms with Gasteiger partial charge in [-0.25, -0.2) is 0 Å². The fraction of sp³-hybridized carbons (Fsp3) is 1.00. The predicted octanol–water partition coefficient (Wildman–Crippen LogP) is 4.63. The second kappa shape index (κ2) is 10.7. The molecular formula is C17H35NO. The second-order valence-electron chi connectivity index (χ2n) is 6.43. The van der Waals surface area contributed by atoms with Crippen molar-refractivity contribution in [1.82, 2.24) is 4.90 Å². The SMILES string of the molecule is CCCCCCCCCCCC(CC1CO1)N(C)C. The van der Waals surface area contributed by atoms with Crippen LogP contribution in [0.2, 0.25) is 0 Å². The Bertz CT molecular complexity index is 201. The maximum atomic E-state index is 5.35. The highest BCUT2D eigenvalue weighted by atomic mass is 16.6. The standard InChI is InChI=1S/C17H35NO/c1-4-5-6-7-8-9-10-11-12-13-16(18(2)3)14-17-15-19-17/h16-17H,4-15H2,1-3H3. The Balaban J connectivity index is 1.87. The highest BCUT2D eigenvalue weighted by molar-refractivity contribution is 4.78. The summed E-state index contributed by atoms with van der Waals surface area (Å²) in [4.78, 5) is 2.38. The van der Waals surface area contributed by atoms with Crippen molar-refractivity contribution >= 4 is 0 Å². The van der Waals surface area contributed by atoms with Gasteiger partial charge < -0.3 is 9.64 Å². The van der Waals surface area contributed by atoms with Crippen molar-refractivity contribution in [2.75, 3.05) is 20.7 Å². The summed E-state index contributed by atoms with van der Waals surface area (Å²) in [5, 5.41) is 0. The zero-order chi connectivity index (χ0) is 13.9. The number of hydrogen-bond acceptors (Lipinski definition) is 2. The molecule has 19 heavy (non-hydrogen) atoms. The van der Waals surface area contributed by atoms with Crippen LogP contribution in [-0.4, -0.2) is 37.7 Å². The number of hydrogen-bond donors (Lipinski definition) is 0. The average molecular weight is 269 g/mol. The van der Waals surface area contributed by atoms with E-state index in [4.69, 9.17) is 4.74 Å². The summed E-state index contributed by atoms with van der Waals surface area (Å²) in [6.45, 7) is 3.29. The summed E-state index contributed by atoms with van der Waals surface area (Å²) in [5.41, 5.74) is 0. The van der Waals surface area contributed by atoms with Gasteiger partial charge in [-0.1, -0.05) is 64.7 Å². The van der Waals surface area contributed by atoms with Crippen LogP contribution < -0.4 is 0 Å². The first-order valence-electron chi connectivity index (χ1n) is 8.52. The van der Waals surface area contributed by atoms with Crippen LogP contribution in [0.1, 0.15) is 77.6 Å². The predicted molar refractivity (Wildman–Crippen MR) is 83.7 cm³/mol. The smallest absolute Gasteiger partial charge is 0.0824 e. The van der Waals surface area contributed by atoms with Crippen molar-refractivity contribution < 1.29 is 4.74 Å². The summed E-state index contributed by atoms with van der Waals surface area (Å²) in [6.07, 6.45) is 16.0. The van der Waals surface area contributed by atoms with E-state index >= 15 is 0 Å². The number of nitrogens with zero attached hydrogens (tertiary/aromatic N) is 1. The Morgan fingerprint density at radius 2 is 1.47 bits per heavy atom. The molecule has 1 heterocycles. The molecule has 0 spiro atoms. The lowest BCUT2D eigenvalue weighted by molar-refractivity contribution is 0.235. The zero-order valence-electron chi connectivity index (χ0n) is 13.5. The molecule has 0 bridgehead atoms. The van der Waals surface area contributed by atoms with Crippen LogP contribution in [0.4, 0.5) is 0 Å². The molecule has 1 aliphatic rings. The maximum absolute atomic E-state index is 5.35. The van der Waals surface area contributed by atoms with Crippen LogP contribution in [0.5, 0.6) is 0 Å². The van der Waals surface area contributed by atoms with E-state index in [0.29, 0.717) is 6.10 Å². The van der Waals surface area contributed by atoms with E-state index < -0.39 is 0 Å². The van der Waals surface area contributed by atoms with Gasteiger partial charge in [0.1, 0.15) is 0 Å². The molecule has 1 saturated heterocycles. The lowest BCUT2D eigenvalue weighted by atomic mass is 10.0. The number of epoxide rings is 1. The van der Waals surface area contributed by atoms with Gasteiger partial charge >= 0.3 is 0 Å². The molecule has 1 rings (SSSR count). The van der Waals surface area contributed by atoms with Gasteiger partial charge in [0.05, 0.1) is 12.7 Å². The maximum Gasteiger partial charge on any atom is 0.0824 e. The van der Waals surface area contributed by atoms with Gasteiger partial charge in [-0.3, -0.25) is 0 Å². The van der Waals surface area contributed by atoms with Gasteiger partial charge in [0, 0.05) is 6.04 Å². The fourth-order valence-corrected chi connectivity index (χ4v) is 2.79. The van der Waals surface area contributed by atoms with Crippen LogP contribution in [0.3, 0.4) is 0 Å². The molecule has 0 aliphatic carbocycles. The van der Waals surface area contributed by atoms with Crippen molar-refractivity contribution in [2.24, 2.45) is 0 Å². The van der Waals surface area contributed by atoms with E-state index in [2.05, 4.69) is 25.9 Å². The Morgan fingerprint density at radius 1 is 0.947 bits per heavy atom. The van der Waals surface area contributed by atoms with E-state index in [1.807, 2.05) is 0 Å². The number of unbranched alkanes of at least 4 members (excludes halogenated alkanes) is 8. The molecule has 2 heteroatoms. The van der Waals surface area contributed by atoms with Gasteiger partial charge in [0.25, 0.3) is 0 Å². The molecule has 0 aromatic rings. The molecule has 2 nitrogen and oxygen atoms in total. The first kappa shape index (κ1) is 17.0. The molecule has 114 valence electrons. The number of rotatable bonds is 13. The van der Waals surface area contributed by atoms with Crippen LogP contribution in [0, 0.1) is 0 Å². The normalized spacial score (nSPS) is 19.9. The minimum atomic E-state index is 0.575. The molecule has 0 saturated carbocycles. The van der Waals surface area contributed by atoms with Crippen LogP contribution in [0.15, 0.2) is 0 Å². The lowest BCUT2D eigenvalue weighted by Crippen LogP contribution is -2.29. The van der Waals surface area contributed by atoms with E-state index in [-0.39, 0.29) is 0 Å². The highest BCUT2D eigenvalue weighted by Gasteiger charge is 2.27. The van der Waals surface area contributed by atoms with Crippen LogP contribution >= 0.6 is 0 Å². The largest absolute Gasteiger partial charge is 0.373 e. The van der Waals surface area contributed by atoms with Crippen molar-refractivity contribution in [2.45, 2.75) is 89.7 Å². The lowest BCUT2D eigenvalue weighted by Gasteiger charge is -2.23. The third kappa shape index (κ3) is 9.45. The van der Waals surface area contributed by atoms with Gasteiger partial charge in [0.2, 0.25) is 0 Å². The summed E-state index contributed by atoms with van der Waals surface area (Å²) < 4.78 is 5.35. The van der Waals surface area contributed by atoms with Crippen molar-refractivity contribution in [3.63, 3.8) is 0 Å². The second-order valence-corrected chi connectivity index (χ2v) is 6.43. The van der Waals surface area contributed by atoms with Crippen LogP contribution in [-0.2, 0) is 4.74 Å². The van der Waals surface area contributed by atoms with E-state index in [0.717, 1.165) is 12.6 Å². The Morgan fingerprint density at radius 3 is 1.95 bits per heavy atom. The van der Waals surface area contributed by atoms with Gasteiger partial charge in [-0.05, 0) is 26.9 Å². The van der Waals surface area contributed by atoms with Crippen LogP contribution in [0.25, 0.3) is 0 Å². The molecule has 1 aliphatic heterocycles. The zero-order valence-corrected chi connectivity index (χ0v) is 13.5. The molecule has 0 radical (unpaired) electrons. The molecule has 1 fully saturated rings. The van der Waals surface area contributed by atoms with Gasteiger partial charge in [-0.15, -0.1) is 0 Å². The fourth-order valence-electron chi connectivity index (χ4n) is 2.79. The third-order valence-electron chi connectivity index (χ3n) is 4.31. The van der Waals surface area contributed by atoms with Crippen molar-refractivity contribution in [1.29, 1.82) is 0 Å². The molecular weight excluding hydrogens is 234 g/mol. The Labute approximate surface area is 120 Å². The summed E-state index contributed by atoms with van der Waals surface area (Å²) in [7, 11) is 4.42. The summed E-state index contributed by atoms with van der Waals surface area (Å²) >= 11 is 0. The van der Waals surface area contributed by atoms with Crippen molar-refractivity contribution in [3.05, 3.63) is 0 Å². The molecule has 0 aromatic carbocycles. The van der Waals surface area contributed by atoms with E-state index in [1.165, 1.54) is 70.6 Å². The Hall–Kier alpha value is -0.0800. The third-order valence-corrected chi connectivity index (χ3v) is 4.31. The first-order chi connectivity index (χ1) is 9.24. The monoisotopic (exact) mass is 269 g/mol. The Kier molecular flexibility index (Phi) is 9.54. The quantitative estimate of drug-likeness (QED) is 0.358. The minimum absolute atomic E-state index is 0.575. The molecule has 0 aromatic heterocycles. The van der Waals surface area contributed by atoms with E-state index in [1.54, 1.807) is 0 Å². The summed E-state index contributed by atoms with van der Waals surface area (Å²) in [5.74, 6) is 0. The topological polar surface area (TPSA) is 15.8 Å². The summed E-state index contributed by atoms with van der Waals surface area (Å²) in [6, 6.07) is 0.733. The minimum Gasteiger partial charge on any atom is -0.373 e. The average Bonchev–Trinajstić information content (AvgIpc) is 3.19. The van der Waals surface area contributed by atoms with E-state index in [9.17, 15) is 0 Å². The van der Waals surface area contributed by atoms with Crippen molar-refractivity contribution in [3.8, 4) is 0 Å². The van der Waals surface area contributed by atoms with Gasteiger partial charge in [0.15, 0.2) is 0 Å². The molecule has 2 atom stereocenters. The highest BCUT2D eigenvalue weighted by Crippen LogP contribution is 2.21. The molecule has 0 N–H and O–H groups in total. The number of ether oxygens (including phenoxy) is 1. The molecule has 0 amide bonds.